The van der Waals surface area contributed by atoms with Gasteiger partial charge in [0.25, 0.3) is 0 Å². The maximum atomic E-state index is 10.2. The van der Waals surface area contributed by atoms with Crippen LogP contribution in [-0.4, -0.2) is 29.0 Å². The molecule has 0 fully saturated rings. The van der Waals surface area contributed by atoms with Gasteiger partial charge in [-0.05, 0) is 38.1 Å². The Morgan fingerprint density at radius 3 is 2.60 bits per heavy atom. The van der Waals surface area contributed by atoms with Gasteiger partial charge in [-0.2, -0.15) is 5.10 Å². The second-order valence-electron chi connectivity index (χ2n) is 5.67. The van der Waals surface area contributed by atoms with Crippen molar-refractivity contribution in [2.75, 3.05) is 18.0 Å². The number of hydrogen-bond acceptors (Lipinski definition) is 5. The Morgan fingerprint density at radius 1 is 1.16 bits per heavy atom. The number of thiazole rings is 1. The number of aromatic hydroxyl groups is 1. The molecule has 3 rings (SSSR count). The number of rotatable bonds is 5. The van der Waals surface area contributed by atoms with Crippen LogP contribution >= 0.6 is 11.3 Å². The zero-order valence-corrected chi connectivity index (χ0v) is 15.5. The van der Waals surface area contributed by atoms with Crippen LogP contribution in [0.4, 0.5) is 5.69 Å². The van der Waals surface area contributed by atoms with Gasteiger partial charge in [-0.15, -0.1) is 5.10 Å². The molecule has 0 aliphatic carbocycles. The predicted molar refractivity (Wildman–Crippen MR) is 106 cm³/mol. The van der Waals surface area contributed by atoms with Crippen LogP contribution in [0.2, 0.25) is 0 Å². The van der Waals surface area contributed by atoms with Gasteiger partial charge < -0.3 is 14.6 Å². The molecule has 0 aliphatic heterocycles. The summed E-state index contributed by atoms with van der Waals surface area (Å²) in [5, 5.41) is 18.7. The number of benzene rings is 2. The fourth-order valence-electron chi connectivity index (χ4n) is 2.75. The highest BCUT2D eigenvalue weighted by Gasteiger charge is 2.05. The fraction of sp³-hybridized carbons (Fsp3) is 0.263. The second kappa shape index (κ2) is 7.53. The van der Waals surface area contributed by atoms with Crippen molar-refractivity contribution in [2.45, 2.75) is 13.8 Å². The minimum atomic E-state index is 0.212. The Bertz CT molecular complexity index is 967. The fourth-order valence-corrected chi connectivity index (χ4v) is 3.72. The predicted octanol–water partition coefficient (Wildman–Crippen LogP) is 3.73. The first-order valence-electron chi connectivity index (χ1n) is 8.33. The van der Waals surface area contributed by atoms with Gasteiger partial charge in [0.05, 0.1) is 16.4 Å². The highest BCUT2D eigenvalue weighted by Crippen LogP contribution is 2.23. The molecule has 0 saturated carbocycles. The number of aromatic nitrogens is 1. The Balaban J connectivity index is 1.87. The largest absolute Gasteiger partial charge is 0.507 e. The van der Waals surface area contributed by atoms with Gasteiger partial charge in [0, 0.05) is 37.5 Å². The van der Waals surface area contributed by atoms with Crippen LogP contribution in [0.25, 0.3) is 10.2 Å². The maximum absolute atomic E-state index is 10.2. The highest BCUT2D eigenvalue weighted by atomic mass is 32.1. The van der Waals surface area contributed by atoms with Crippen LogP contribution in [0.15, 0.2) is 52.7 Å². The summed E-state index contributed by atoms with van der Waals surface area (Å²) >= 11 is 1.59. The van der Waals surface area contributed by atoms with E-state index in [1.807, 2.05) is 35.9 Å². The SMILES string of the molecule is CCN(CC)c1ccc(/C=N/N=c2sc3ccccc3n2C)c(O)c1. The second-order valence-corrected chi connectivity index (χ2v) is 6.68. The lowest BCUT2D eigenvalue weighted by Gasteiger charge is -2.21. The van der Waals surface area contributed by atoms with Gasteiger partial charge in [-0.1, -0.05) is 23.5 Å². The summed E-state index contributed by atoms with van der Waals surface area (Å²) in [6.45, 7) is 6.00. The van der Waals surface area contributed by atoms with Gasteiger partial charge in [0.2, 0.25) is 4.80 Å². The number of para-hydroxylation sites is 1. The van der Waals surface area contributed by atoms with E-state index in [0.717, 1.165) is 29.1 Å². The zero-order valence-electron chi connectivity index (χ0n) is 14.7. The molecular formula is C19H22N4OS. The molecule has 3 aromatic rings. The minimum absolute atomic E-state index is 0.212. The number of phenolic OH excluding ortho intramolecular Hbond substituents is 1. The van der Waals surface area contributed by atoms with Gasteiger partial charge in [-0.25, -0.2) is 0 Å². The summed E-state index contributed by atoms with van der Waals surface area (Å²) in [6.07, 6.45) is 1.59. The summed E-state index contributed by atoms with van der Waals surface area (Å²) in [4.78, 5) is 3.00. The van der Waals surface area contributed by atoms with Crippen molar-refractivity contribution in [1.82, 2.24) is 4.57 Å². The van der Waals surface area contributed by atoms with Crippen LogP contribution in [-0.2, 0) is 7.05 Å². The van der Waals surface area contributed by atoms with E-state index in [2.05, 4.69) is 41.1 Å². The van der Waals surface area contributed by atoms with Gasteiger partial charge >= 0.3 is 0 Å². The molecule has 6 heteroatoms. The average molecular weight is 354 g/mol. The lowest BCUT2D eigenvalue weighted by atomic mass is 10.2. The first kappa shape index (κ1) is 17.2. The van der Waals surface area contributed by atoms with Crippen LogP contribution in [0.5, 0.6) is 5.75 Å². The number of phenols is 1. The molecule has 0 bridgehead atoms. The molecule has 2 aromatic carbocycles. The minimum Gasteiger partial charge on any atom is -0.507 e. The molecule has 0 spiro atoms. The van der Waals surface area contributed by atoms with Crippen molar-refractivity contribution < 1.29 is 5.11 Å². The number of nitrogens with zero attached hydrogens (tertiary/aromatic N) is 4. The normalized spacial score (nSPS) is 12.4. The molecule has 5 nitrogen and oxygen atoms in total. The van der Waals surface area contributed by atoms with Crippen molar-refractivity contribution in [3.63, 3.8) is 0 Å². The van der Waals surface area contributed by atoms with Gasteiger partial charge in [0.1, 0.15) is 5.75 Å². The summed E-state index contributed by atoms with van der Waals surface area (Å²) in [6, 6.07) is 13.8. The van der Waals surface area contributed by atoms with Crippen molar-refractivity contribution >= 4 is 33.5 Å². The standard InChI is InChI=1S/C19H22N4OS/c1-4-23(5-2)15-11-10-14(17(24)12-15)13-20-21-19-22(3)16-8-6-7-9-18(16)25-19/h6-13,24H,4-5H2,1-3H3/b20-13+,21-19?. The number of anilines is 1. The van der Waals surface area contributed by atoms with Gasteiger partial charge in [-0.3, -0.25) is 0 Å². The average Bonchev–Trinajstić information content (AvgIpc) is 2.94. The van der Waals surface area contributed by atoms with Crippen molar-refractivity contribution in [3.8, 4) is 5.75 Å². The van der Waals surface area contributed by atoms with E-state index in [9.17, 15) is 5.11 Å². The van der Waals surface area contributed by atoms with Crippen LogP contribution in [0, 0.1) is 0 Å². The lowest BCUT2D eigenvalue weighted by Crippen LogP contribution is -2.21. The summed E-state index contributed by atoms with van der Waals surface area (Å²) < 4.78 is 3.19. The smallest absolute Gasteiger partial charge is 0.211 e. The van der Waals surface area contributed by atoms with Crippen LogP contribution < -0.4 is 9.70 Å². The third-order valence-electron chi connectivity index (χ3n) is 4.20. The molecule has 0 unspecified atom stereocenters. The first-order chi connectivity index (χ1) is 12.1. The highest BCUT2D eigenvalue weighted by molar-refractivity contribution is 7.16. The molecule has 0 atom stereocenters. The topological polar surface area (TPSA) is 53.1 Å². The Kier molecular flexibility index (Phi) is 5.19. The van der Waals surface area contributed by atoms with E-state index in [1.165, 1.54) is 4.70 Å². The van der Waals surface area contributed by atoms with Crippen LogP contribution in [0.3, 0.4) is 0 Å². The number of hydrogen-bond donors (Lipinski definition) is 1. The van der Waals surface area contributed by atoms with E-state index in [1.54, 1.807) is 23.6 Å². The zero-order chi connectivity index (χ0) is 17.8. The van der Waals surface area contributed by atoms with E-state index < -0.39 is 0 Å². The molecular weight excluding hydrogens is 332 g/mol. The Labute approximate surface area is 151 Å². The maximum Gasteiger partial charge on any atom is 0.211 e. The monoisotopic (exact) mass is 354 g/mol. The third kappa shape index (κ3) is 3.58. The van der Waals surface area contributed by atoms with E-state index >= 15 is 0 Å². The molecule has 25 heavy (non-hydrogen) atoms. The molecule has 130 valence electrons. The van der Waals surface area contributed by atoms with Crippen molar-refractivity contribution in [3.05, 3.63) is 52.8 Å². The number of fused-ring (bicyclic) bond motifs is 1. The first-order valence-corrected chi connectivity index (χ1v) is 9.15. The molecule has 1 N–H and O–H groups in total. The van der Waals surface area contributed by atoms with Crippen LogP contribution in [0.1, 0.15) is 19.4 Å². The third-order valence-corrected chi connectivity index (χ3v) is 5.30. The van der Waals surface area contributed by atoms with Gasteiger partial charge in [0.15, 0.2) is 0 Å². The Morgan fingerprint density at radius 2 is 1.92 bits per heavy atom. The van der Waals surface area contributed by atoms with E-state index in [4.69, 9.17) is 0 Å². The Hall–Kier alpha value is -2.60. The molecule has 1 aromatic heterocycles. The molecule has 1 heterocycles. The number of aryl methyl sites for hydroxylation is 1. The molecule has 0 aliphatic rings. The molecule has 0 saturated heterocycles. The quantitative estimate of drug-likeness (QED) is 0.561. The van der Waals surface area contributed by atoms with Crippen molar-refractivity contribution in [2.24, 2.45) is 17.3 Å². The van der Waals surface area contributed by atoms with E-state index in [-0.39, 0.29) is 5.75 Å². The van der Waals surface area contributed by atoms with Crippen molar-refractivity contribution in [1.29, 1.82) is 0 Å². The van der Waals surface area contributed by atoms with E-state index in [0.29, 0.717) is 5.56 Å². The molecule has 0 amide bonds. The summed E-state index contributed by atoms with van der Waals surface area (Å²) in [5.74, 6) is 0.212. The lowest BCUT2D eigenvalue weighted by molar-refractivity contribution is 0.474. The molecule has 0 radical (unpaired) electrons. The summed E-state index contributed by atoms with van der Waals surface area (Å²) in [7, 11) is 1.98. The summed E-state index contributed by atoms with van der Waals surface area (Å²) in [5.41, 5.74) is 2.80.